The van der Waals surface area contributed by atoms with Crippen LogP contribution in [0.2, 0.25) is 5.15 Å². The maximum atomic E-state index is 12.8. The fourth-order valence-electron chi connectivity index (χ4n) is 2.73. The monoisotopic (exact) mass is 393 g/mol. The van der Waals surface area contributed by atoms with Gasteiger partial charge in [-0.1, -0.05) is 11.6 Å². The van der Waals surface area contributed by atoms with Crippen LogP contribution in [-0.4, -0.2) is 41.2 Å². The van der Waals surface area contributed by atoms with Crippen LogP contribution in [0.4, 0.5) is 23.7 Å². The number of amides is 1. The van der Waals surface area contributed by atoms with Crippen LogP contribution in [0.5, 0.6) is 0 Å². The van der Waals surface area contributed by atoms with Crippen molar-refractivity contribution in [1.82, 2.24) is 9.88 Å². The Morgan fingerprint density at radius 1 is 1.38 bits per heavy atom. The molecule has 1 atom stereocenters. The summed E-state index contributed by atoms with van der Waals surface area (Å²) in [5.74, 6) is 0.109. The third-order valence-electron chi connectivity index (χ3n) is 3.85. The van der Waals surface area contributed by atoms with E-state index in [0.29, 0.717) is 19.6 Å². The summed E-state index contributed by atoms with van der Waals surface area (Å²) in [6, 6.07) is 2.28. The Balaban J connectivity index is 1.95. The Bertz CT molecular complexity index is 647. The summed E-state index contributed by atoms with van der Waals surface area (Å²) in [7, 11) is 0. The van der Waals surface area contributed by atoms with E-state index in [-0.39, 0.29) is 22.9 Å². The first-order chi connectivity index (χ1) is 11.9. The van der Waals surface area contributed by atoms with Gasteiger partial charge in [-0.05, 0) is 51.7 Å². The predicted octanol–water partition coefficient (Wildman–Crippen LogP) is 4.81. The maximum absolute atomic E-state index is 12.8. The molecular weight excluding hydrogens is 371 g/mol. The number of alkyl halides is 3. The SMILES string of the molecule is CC(C)(C)OC(=O)N1CCCC(CNc2cc(Cl)nc(C(F)(F)F)c2)C1. The van der Waals surface area contributed by atoms with Crippen molar-refractivity contribution in [2.24, 2.45) is 5.92 Å². The molecule has 0 saturated carbocycles. The minimum Gasteiger partial charge on any atom is -0.444 e. The highest BCUT2D eigenvalue weighted by atomic mass is 35.5. The lowest BCUT2D eigenvalue weighted by molar-refractivity contribution is -0.141. The Kier molecular flexibility index (Phi) is 6.26. The summed E-state index contributed by atoms with van der Waals surface area (Å²) in [5, 5.41) is 2.75. The number of anilines is 1. The summed E-state index contributed by atoms with van der Waals surface area (Å²) in [6.07, 6.45) is -3.23. The van der Waals surface area contributed by atoms with Gasteiger partial charge in [-0.25, -0.2) is 9.78 Å². The molecule has 1 aromatic rings. The van der Waals surface area contributed by atoms with Crippen molar-refractivity contribution >= 4 is 23.4 Å². The second-order valence-electron chi connectivity index (χ2n) is 7.38. The molecule has 2 heterocycles. The van der Waals surface area contributed by atoms with Crippen molar-refractivity contribution in [2.75, 3.05) is 25.0 Å². The third kappa shape index (κ3) is 6.23. The molecule has 0 aromatic carbocycles. The van der Waals surface area contributed by atoms with Crippen molar-refractivity contribution < 1.29 is 22.7 Å². The molecule has 2 rings (SSSR count). The number of nitrogens with zero attached hydrogens (tertiary/aromatic N) is 2. The number of pyridine rings is 1. The molecule has 0 aliphatic carbocycles. The normalized spacial score (nSPS) is 18.6. The molecule has 9 heteroatoms. The van der Waals surface area contributed by atoms with Crippen LogP contribution < -0.4 is 5.32 Å². The minimum absolute atomic E-state index is 0.109. The molecule has 5 nitrogen and oxygen atoms in total. The highest BCUT2D eigenvalue weighted by Crippen LogP contribution is 2.31. The van der Waals surface area contributed by atoms with E-state index in [1.54, 1.807) is 25.7 Å². The number of nitrogens with one attached hydrogen (secondary N) is 1. The summed E-state index contributed by atoms with van der Waals surface area (Å²) in [4.78, 5) is 17.1. The quantitative estimate of drug-likeness (QED) is 0.748. The number of hydrogen-bond donors (Lipinski definition) is 1. The van der Waals surface area contributed by atoms with Gasteiger partial charge in [-0.3, -0.25) is 0 Å². The number of halogens is 4. The molecule has 1 aliphatic rings. The average Bonchev–Trinajstić information content (AvgIpc) is 2.50. The van der Waals surface area contributed by atoms with Gasteiger partial charge in [0.2, 0.25) is 0 Å². The number of carbonyl (C=O) groups is 1. The van der Waals surface area contributed by atoms with Gasteiger partial charge in [0.1, 0.15) is 16.4 Å². The second kappa shape index (κ2) is 7.90. The first-order valence-electron chi connectivity index (χ1n) is 8.40. The number of carbonyl (C=O) groups excluding carboxylic acids is 1. The van der Waals surface area contributed by atoms with Gasteiger partial charge < -0.3 is 15.0 Å². The maximum Gasteiger partial charge on any atom is 0.433 e. The number of aromatic nitrogens is 1. The van der Waals surface area contributed by atoms with Crippen molar-refractivity contribution in [3.8, 4) is 0 Å². The lowest BCUT2D eigenvalue weighted by Crippen LogP contribution is -2.44. The van der Waals surface area contributed by atoms with Crippen LogP contribution in [0.25, 0.3) is 0 Å². The lowest BCUT2D eigenvalue weighted by Gasteiger charge is -2.34. The first-order valence-corrected chi connectivity index (χ1v) is 8.78. The fraction of sp³-hybridized carbons (Fsp3) is 0.647. The van der Waals surface area contributed by atoms with E-state index in [0.717, 1.165) is 18.9 Å². The van der Waals surface area contributed by atoms with Gasteiger partial charge in [0, 0.05) is 25.3 Å². The number of hydrogen-bond acceptors (Lipinski definition) is 4. The summed E-state index contributed by atoms with van der Waals surface area (Å²) in [5.41, 5.74) is -1.34. The van der Waals surface area contributed by atoms with Crippen molar-refractivity contribution in [3.63, 3.8) is 0 Å². The van der Waals surface area contributed by atoms with Crippen LogP contribution in [0, 0.1) is 5.92 Å². The standard InChI is InChI=1S/C17H23ClF3N3O2/c1-16(2,3)26-15(25)24-6-4-5-11(10-24)9-22-12-7-13(17(19,20)21)23-14(18)8-12/h7-8,11H,4-6,9-10H2,1-3H3,(H,22,23). The average molecular weight is 394 g/mol. The Morgan fingerprint density at radius 3 is 2.69 bits per heavy atom. The van der Waals surface area contributed by atoms with E-state index in [1.165, 1.54) is 6.07 Å². The van der Waals surface area contributed by atoms with Gasteiger partial charge in [-0.2, -0.15) is 13.2 Å². The van der Waals surface area contributed by atoms with E-state index in [9.17, 15) is 18.0 Å². The van der Waals surface area contributed by atoms with E-state index in [1.807, 2.05) is 0 Å². The molecule has 1 amide bonds. The fourth-order valence-corrected chi connectivity index (χ4v) is 2.94. The topological polar surface area (TPSA) is 54.5 Å². The highest BCUT2D eigenvalue weighted by molar-refractivity contribution is 6.29. The van der Waals surface area contributed by atoms with E-state index in [4.69, 9.17) is 16.3 Å². The zero-order valence-corrected chi connectivity index (χ0v) is 15.7. The zero-order valence-electron chi connectivity index (χ0n) is 15.0. The Labute approximate surface area is 155 Å². The van der Waals surface area contributed by atoms with Crippen LogP contribution in [0.15, 0.2) is 12.1 Å². The number of ether oxygens (including phenoxy) is 1. The van der Waals surface area contributed by atoms with Crippen molar-refractivity contribution in [2.45, 2.75) is 45.4 Å². The molecule has 0 radical (unpaired) electrons. The van der Waals surface area contributed by atoms with Crippen LogP contribution in [0.1, 0.15) is 39.3 Å². The smallest absolute Gasteiger partial charge is 0.433 e. The van der Waals surface area contributed by atoms with E-state index < -0.39 is 17.5 Å². The first kappa shape index (κ1) is 20.6. The number of piperidine rings is 1. The third-order valence-corrected chi connectivity index (χ3v) is 4.04. The minimum atomic E-state index is -4.56. The van der Waals surface area contributed by atoms with Crippen molar-refractivity contribution in [3.05, 3.63) is 23.0 Å². The molecule has 1 aromatic heterocycles. The Hall–Kier alpha value is -1.70. The molecule has 146 valence electrons. The number of likely N-dealkylation sites (tertiary alicyclic amines) is 1. The van der Waals surface area contributed by atoms with Crippen molar-refractivity contribution in [1.29, 1.82) is 0 Å². The molecule has 1 N–H and O–H groups in total. The Morgan fingerprint density at radius 2 is 2.08 bits per heavy atom. The van der Waals surface area contributed by atoms with Gasteiger partial charge in [0.25, 0.3) is 0 Å². The summed E-state index contributed by atoms with van der Waals surface area (Å²) >= 11 is 5.68. The molecule has 0 spiro atoms. The highest BCUT2D eigenvalue weighted by Gasteiger charge is 2.33. The van der Waals surface area contributed by atoms with Crippen LogP contribution in [-0.2, 0) is 10.9 Å². The van der Waals surface area contributed by atoms with E-state index >= 15 is 0 Å². The van der Waals surface area contributed by atoms with Crippen LogP contribution in [0.3, 0.4) is 0 Å². The molecule has 1 unspecified atom stereocenters. The summed E-state index contributed by atoms with van der Waals surface area (Å²) < 4.78 is 43.8. The molecule has 26 heavy (non-hydrogen) atoms. The second-order valence-corrected chi connectivity index (χ2v) is 7.76. The number of rotatable bonds is 3. The molecular formula is C17H23ClF3N3O2. The van der Waals surface area contributed by atoms with Gasteiger partial charge in [0.15, 0.2) is 0 Å². The largest absolute Gasteiger partial charge is 0.444 e. The molecule has 1 aliphatic heterocycles. The molecule has 1 fully saturated rings. The zero-order chi connectivity index (χ0) is 19.5. The van der Waals surface area contributed by atoms with Crippen LogP contribution >= 0.6 is 11.6 Å². The predicted molar refractivity (Wildman–Crippen MR) is 93.3 cm³/mol. The van der Waals surface area contributed by atoms with Gasteiger partial charge in [-0.15, -0.1) is 0 Å². The van der Waals surface area contributed by atoms with Gasteiger partial charge >= 0.3 is 12.3 Å². The lowest BCUT2D eigenvalue weighted by atomic mass is 9.98. The van der Waals surface area contributed by atoms with E-state index in [2.05, 4.69) is 10.3 Å². The van der Waals surface area contributed by atoms with Gasteiger partial charge in [0.05, 0.1) is 0 Å². The summed E-state index contributed by atoms with van der Waals surface area (Å²) in [6.45, 7) is 6.95. The molecule has 1 saturated heterocycles. The molecule has 0 bridgehead atoms.